The number of anilines is 1. The molecule has 4 rings (SSSR count). The van der Waals surface area contributed by atoms with Gasteiger partial charge in [-0.2, -0.15) is 0 Å². The van der Waals surface area contributed by atoms with Gasteiger partial charge in [0.25, 0.3) is 5.91 Å². The predicted octanol–water partition coefficient (Wildman–Crippen LogP) is 4.74. The van der Waals surface area contributed by atoms with Crippen molar-refractivity contribution in [3.8, 4) is 5.75 Å². The minimum absolute atomic E-state index is 0.0675. The molecule has 0 saturated carbocycles. The number of fused-ring (bicyclic) bond motifs is 1. The van der Waals surface area contributed by atoms with Crippen LogP contribution in [0.5, 0.6) is 5.75 Å². The van der Waals surface area contributed by atoms with E-state index in [2.05, 4.69) is 49.0 Å². The summed E-state index contributed by atoms with van der Waals surface area (Å²) in [6.07, 6.45) is 0. The van der Waals surface area contributed by atoms with E-state index in [9.17, 15) is 4.79 Å². The maximum absolute atomic E-state index is 12.9. The van der Waals surface area contributed by atoms with Crippen LogP contribution in [0.25, 0.3) is 11.0 Å². The summed E-state index contributed by atoms with van der Waals surface area (Å²) in [5.41, 5.74) is 3.79. The zero-order valence-electron chi connectivity index (χ0n) is 19.7. The summed E-state index contributed by atoms with van der Waals surface area (Å²) < 4.78 is 11.5. The lowest BCUT2D eigenvalue weighted by atomic mass is 9.87. The monoisotopic (exact) mass is 435 g/mol. The maximum atomic E-state index is 12.9. The van der Waals surface area contributed by atoms with Crippen molar-refractivity contribution >= 4 is 22.6 Å². The van der Waals surface area contributed by atoms with Crippen molar-refractivity contribution in [3.63, 3.8) is 0 Å². The third kappa shape index (κ3) is 4.81. The molecule has 1 N–H and O–H groups in total. The highest BCUT2D eigenvalue weighted by Gasteiger charge is 2.21. The molecule has 0 bridgehead atoms. The Hall–Kier alpha value is -2.83. The Bertz CT molecular complexity index is 1090. The molecule has 3 aromatic rings. The molecule has 1 aromatic heterocycles. The fourth-order valence-corrected chi connectivity index (χ4v) is 4.06. The Morgan fingerprint density at radius 1 is 1.06 bits per heavy atom. The second kappa shape index (κ2) is 8.96. The number of furan rings is 1. The number of ether oxygens (including phenoxy) is 1. The van der Waals surface area contributed by atoms with Crippen LogP contribution in [0, 0.1) is 0 Å². The molecule has 0 atom stereocenters. The molecule has 1 amide bonds. The van der Waals surface area contributed by atoms with E-state index in [4.69, 9.17) is 9.15 Å². The number of benzene rings is 2. The van der Waals surface area contributed by atoms with E-state index in [1.165, 1.54) is 5.56 Å². The van der Waals surface area contributed by atoms with Crippen LogP contribution < -0.4 is 10.1 Å². The topological polar surface area (TPSA) is 58.0 Å². The average Bonchev–Trinajstić information content (AvgIpc) is 3.21. The number of rotatable bonds is 5. The third-order valence-corrected chi connectivity index (χ3v) is 6.18. The van der Waals surface area contributed by atoms with Gasteiger partial charge in [-0.15, -0.1) is 0 Å². The molecule has 0 spiro atoms. The lowest BCUT2D eigenvalue weighted by Gasteiger charge is -2.32. The van der Waals surface area contributed by atoms with Crippen LogP contribution in [0.1, 0.15) is 42.5 Å². The van der Waals surface area contributed by atoms with Crippen molar-refractivity contribution in [2.75, 3.05) is 45.7 Å². The van der Waals surface area contributed by atoms with Crippen LogP contribution in [0.2, 0.25) is 0 Å². The molecule has 0 unspecified atom stereocenters. The first-order valence-electron chi connectivity index (χ1n) is 11.2. The fourth-order valence-electron chi connectivity index (χ4n) is 4.06. The summed E-state index contributed by atoms with van der Waals surface area (Å²) in [7, 11) is 3.77. The first-order chi connectivity index (χ1) is 15.2. The van der Waals surface area contributed by atoms with Crippen molar-refractivity contribution in [2.24, 2.45) is 0 Å². The second-order valence-electron chi connectivity index (χ2n) is 9.64. The molecule has 6 nitrogen and oxygen atoms in total. The van der Waals surface area contributed by atoms with Gasteiger partial charge in [0.2, 0.25) is 0 Å². The number of amides is 1. The van der Waals surface area contributed by atoms with Gasteiger partial charge in [0.05, 0.1) is 7.11 Å². The summed E-state index contributed by atoms with van der Waals surface area (Å²) in [6.45, 7) is 11.5. The van der Waals surface area contributed by atoms with E-state index in [0.717, 1.165) is 49.4 Å². The van der Waals surface area contributed by atoms with Crippen LogP contribution in [-0.2, 0) is 12.0 Å². The first-order valence-corrected chi connectivity index (χ1v) is 11.2. The van der Waals surface area contributed by atoms with E-state index in [-0.39, 0.29) is 17.1 Å². The minimum atomic E-state index is -0.266. The van der Waals surface area contributed by atoms with Gasteiger partial charge >= 0.3 is 0 Å². The lowest BCUT2D eigenvalue weighted by Crippen LogP contribution is -2.43. The highest BCUT2D eigenvalue weighted by molar-refractivity contribution is 6.05. The molecular formula is C26H33N3O3. The Morgan fingerprint density at radius 2 is 1.75 bits per heavy atom. The normalized spacial score (nSPS) is 15.8. The molecular weight excluding hydrogens is 402 g/mol. The Morgan fingerprint density at radius 3 is 2.38 bits per heavy atom. The van der Waals surface area contributed by atoms with Crippen LogP contribution in [0.15, 0.2) is 46.9 Å². The standard InChI is InChI=1S/C26H33N3O3/c1-26(2,3)19-7-9-20(10-8-19)27-25(30)23-16-21-18(6-11-22(31-5)24(21)32-23)17-29-14-12-28(4)13-15-29/h6-11,16H,12-15,17H2,1-5H3,(H,27,30). The highest BCUT2D eigenvalue weighted by atomic mass is 16.5. The molecule has 170 valence electrons. The highest BCUT2D eigenvalue weighted by Crippen LogP contribution is 2.33. The summed E-state index contributed by atoms with van der Waals surface area (Å²) in [5, 5.41) is 3.88. The van der Waals surface area contributed by atoms with E-state index in [1.54, 1.807) is 7.11 Å². The molecule has 2 heterocycles. The molecule has 1 aliphatic heterocycles. The summed E-state index contributed by atoms with van der Waals surface area (Å²) >= 11 is 0. The Labute approximate surface area is 190 Å². The fraction of sp³-hybridized carbons (Fsp3) is 0.423. The predicted molar refractivity (Wildman–Crippen MR) is 129 cm³/mol. The zero-order valence-corrected chi connectivity index (χ0v) is 19.7. The van der Waals surface area contributed by atoms with E-state index < -0.39 is 0 Å². The first kappa shape index (κ1) is 22.4. The average molecular weight is 436 g/mol. The lowest BCUT2D eigenvalue weighted by molar-refractivity contribution is 0.0998. The van der Waals surface area contributed by atoms with E-state index in [1.807, 2.05) is 36.4 Å². The summed E-state index contributed by atoms with van der Waals surface area (Å²) in [6, 6.07) is 13.8. The number of nitrogens with zero attached hydrogens (tertiary/aromatic N) is 2. The van der Waals surface area contributed by atoms with Gasteiger partial charge in [0.15, 0.2) is 17.1 Å². The number of methoxy groups -OCH3 is 1. The van der Waals surface area contributed by atoms with Crippen LogP contribution in [-0.4, -0.2) is 56.0 Å². The number of likely N-dealkylation sites (N-methyl/N-ethyl adjacent to an activating group) is 1. The van der Waals surface area contributed by atoms with Crippen molar-refractivity contribution in [3.05, 3.63) is 59.4 Å². The molecule has 0 aliphatic carbocycles. The largest absolute Gasteiger partial charge is 0.493 e. The number of carbonyl (C=O) groups excluding carboxylic acids is 1. The molecule has 32 heavy (non-hydrogen) atoms. The van der Waals surface area contributed by atoms with E-state index in [0.29, 0.717) is 11.3 Å². The maximum Gasteiger partial charge on any atom is 0.291 e. The van der Waals surface area contributed by atoms with Gasteiger partial charge in [-0.05, 0) is 47.9 Å². The van der Waals surface area contributed by atoms with Crippen LogP contribution >= 0.6 is 0 Å². The summed E-state index contributed by atoms with van der Waals surface area (Å²) in [4.78, 5) is 17.7. The quantitative estimate of drug-likeness (QED) is 0.627. The zero-order chi connectivity index (χ0) is 22.9. The Kier molecular flexibility index (Phi) is 6.26. The number of hydrogen-bond donors (Lipinski definition) is 1. The van der Waals surface area contributed by atoms with Crippen molar-refractivity contribution in [2.45, 2.75) is 32.7 Å². The van der Waals surface area contributed by atoms with E-state index >= 15 is 0 Å². The minimum Gasteiger partial charge on any atom is -0.493 e. The summed E-state index contributed by atoms with van der Waals surface area (Å²) in [5.74, 6) is 0.650. The third-order valence-electron chi connectivity index (χ3n) is 6.18. The number of carbonyl (C=O) groups is 1. The SMILES string of the molecule is COc1ccc(CN2CCN(C)CC2)c2cc(C(=O)Nc3ccc(C(C)(C)C)cc3)oc12. The molecule has 1 aliphatic rings. The number of hydrogen-bond acceptors (Lipinski definition) is 5. The van der Waals surface area contributed by atoms with Crippen LogP contribution in [0.4, 0.5) is 5.69 Å². The molecule has 0 radical (unpaired) electrons. The van der Waals surface area contributed by atoms with Crippen molar-refractivity contribution in [1.82, 2.24) is 9.80 Å². The van der Waals surface area contributed by atoms with Gasteiger partial charge in [0.1, 0.15) is 0 Å². The van der Waals surface area contributed by atoms with Crippen molar-refractivity contribution in [1.29, 1.82) is 0 Å². The molecule has 6 heteroatoms. The molecule has 1 saturated heterocycles. The van der Waals surface area contributed by atoms with Gasteiger partial charge in [0, 0.05) is 43.8 Å². The van der Waals surface area contributed by atoms with Gasteiger partial charge < -0.3 is 19.4 Å². The van der Waals surface area contributed by atoms with Gasteiger partial charge in [-0.25, -0.2) is 0 Å². The Balaban J connectivity index is 1.57. The molecule has 2 aromatic carbocycles. The smallest absolute Gasteiger partial charge is 0.291 e. The van der Waals surface area contributed by atoms with Crippen LogP contribution in [0.3, 0.4) is 0 Å². The number of piperazine rings is 1. The second-order valence-corrected chi connectivity index (χ2v) is 9.64. The van der Waals surface area contributed by atoms with Crippen molar-refractivity contribution < 1.29 is 13.9 Å². The molecule has 1 fully saturated rings. The van der Waals surface area contributed by atoms with Gasteiger partial charge in [-0.3, -0.25) is 9.69 Å². The van der Waals surface area contributed by atoms with Gasteiger partial charge in [-0.1, -0.05) is 39.0 Å². The number of nitrogens with one attached hydrogen (secondary N) is 1.